The summed E-state index contributed by atoms with van der Waals surface area (Å²) in [6.45, 7) is 6.58. The van der Waals surface area contributed by atoms with Crippen molar-refractivity contribution in [3.8, 4) is 0 Å². The molecule has 0 amide bonds. The van der Waals surface area contributed by atoms with E-state index >= 15 is 0 Å². The zero-order chi connectivity index (χ0) is 18.6. The molecular formula is C23H44N4. The Morgan fingerprint density at radius 2 is 1.78 bits per heavy atom. The van der Waals surface area contributed by atoms with Gasteiger partial charge in [-0.1, -0.05) is 19.8 Å². The van der Waals surface area contributed by atoms with Crippen LogP contribution in [0.4, 0.5) is 0 Å². The quantitative estimate of drug-likeness (QED) is 0.623. The smallest absolute Gasteiger partial charge is 0.0489 e. The Bertz CT molecular complexity index is 448. The van der Waals surface area contributed by atoms with Crippen molar-refractivity contribution in [3.63, 3.8) is 0 Å². The van der Waals surface area contributed by atoms with E-state index in [1.165, 1.54) is 83.8 Å². The van der Waals surface area contributed by atoms with Crippen LogP contribution in [-0.4, -0.2) is 49.3 Å². The molecule has 0 radical (unpaired) electrons. The SMILES string of the molecule is CC1CCCC(N2CNC3CCC(C4CCC(CNCCN)CC4)CC32)C1. The van der Waals surface area contributed by atoms with Crippen LogP contribution in [0.5, 0.6) is 0 Å². The van der Waals surface area contributed by atoms with Crippen molar-refractivity contribution in [1.82, 2.24) is 15.5 Å². The molecule has 1 heterocycles. The lowest BCUT2D eigenvalue weighted by Gasteiger charge is -2.44. The van der Waals surface area contributed by atoms with E-state index in [2.05, 4.69) is 22.5 Å². The van der Waals surface area contributed by atoms with E-state index in [0.29, 0.717) is 0 Å². The first kappa shape index (κ1) is 20.1. The van der Waals surface area contributed by atoms with E-state index in [0.717, 1.165) is 54.9 Å². The molecule has 4 fully saturated rings. The molecule has 156 valence electrons. The van der Waals surface area contributed by atoms with Gasteiger partial charge in [0.2, 0.25) is 0 Å². The van der Waals surface area contributed by atoms with Gasteiger partial charge in [-0.05, 0) is 88.0 Å². The van der Waals surface area contributed by atoms with Crippen molar-refractivity contribution in [2.24, 2.45) is 29.4 Å². The molecule has 1 saturated heterocycles. The summed E-state index contributed by atoms with van der Waals surface area (Å²) in [6, 6.07) is 2.48. The van der Waals surface area contributed by atoms with Gasteiger partial charge in [-0.25, -0.2) is 0 Å². The Hall–Kier alpha value is -0.160. The number of fused-ring (bicyclic) bond motifs is 1. The largest absolute Gasteiger partial charge is 0.329 e. The third-order valence-electron chi connectivity index (χ3n) is 8.51. The molecule has 0 aromatic rings. The monoisotopic (exact) mass is 376 g/mol. The van der Waals surface area contributed by atoms with Crippen LogP contribution in [0.2, 0.25) is 0 Å². The van der Waals surface area contributed by atoms with Crippen LogP contribution in [0.15, 0.2) is 0 Å². The zero-order valence-corrected chi connectivity index (χ0v) is 17.7. The number of nitrogens with one attached hydrogen (secondary N) is 2. The van der Waals surface area contributed by atoms with Crippen LogP contribution in [0, 0.1) is 23.7 Å². The average Bonchev–Trinajstić information content (AvgIpc) is 3.12. The van der Waals surface area contributed by atoms with Crippen molar-refractivity contribution in [2.75, 3.05) is 26.3 Å². The second-order valence-electron chi connectivity index (χ2n) is 10.3. The molecule has 0 aromatic heterocycles. The van der Waals surface area contributed by atoms with E-state index < -0.39 is 0 Å². The number of hydrogen-bond acceptors (Lipinski definition) is 4. The highest BCUT2D eigenvalue weighted by Gasteiger charge is 2.43. The fourth-order valence-electron chi connectivity index (χ4n) is 6.93. The van der Waals surface area contributed by atoms with Crippen LogP contribution >= 0.6 is 0 Å². The highest BCUT2D eigenvalue weighted by atomic mass is 15.3. The van der Waals surface area contributed by atoms with Gasteiger partial charge in [0.25, 0.3) is 0 Å². The first-order chi connectivity index (χ1) is 13.2. The lowest BCUT2D eigenvalue weighted by atomic mass is 9.69. The molecular weight excluding hydrogens is 332 g/mol. The summed E-state index contributed by atoms with van der Waals surface area (Å²) in [5.41, 5.74) is 5.61. The minimum Gasteiger partial charge on any atom is -0.329 e. The third kappa shape index (κ3) is 4.88. The predicted molar refractivity (Wildman–Crippen MR) is 114 cm³/mol. The molecule has 3 saturated carbocycles. The van der Waals surface area contributed by atoms with Gasteiger partial charge < -0.3 is 11.1 Å². The molecule has 4 rings (SSSR count). The van der Waals surface area contributed by atoms with Gasteiger partial charge in [-0.15, -0.1) is 0 Å². The summed E-state index contributed by atoms with van der Waals surface area (Å²) in [4.78, 5) is 2.91. The molecule has 0 aromatic carbocycles. The number of rotatable bonds is 6. The molecule has 0 spiro atoms. The second-order valence-corrected chi connectivity index (χ2v) is 10.3. The topological polar surface area (TPSA) is 53.3 Å². The Morgan fingerprint density at radius 1 is 0.963 bits per heavy atom. The fourth-order valence-corrected chi connectivity index (χ4v) is 6.93. The molecule has 4 N–H and O–H groups in total. The number of nitrogens with two attached hydrogens (primary N) is 1. The van der Waals surface area contributed by atoms with Crippen LogP contribution in [0.3, 0.4) is 0 Å². The Balaban J connectivity index is 1.27. The lowest BCUT2D eigenvalue weighted by molar-refractivity contribution is 0.0676. The van der Waals surface area contributed by atoms with Gasteiger partial charge in [0.15, 0.2) is 0 Å². The third-order valence-corrected chi connectivity index (χ3v) is 8.51. The van der Waals surface area contributed by atoms with Gasteiger partial charge in [0, 0.05) is 37.9 Å². The van der Waals surface area contributed by atoms with E-state index in [1.807, 2.05) is 0 Å². The van der Waals surface area contributed by atoms with Crippen molar-refractivity contribution in [1.29, 1.82) is 0 Å². The standard InChI is InChI=1S/C23H44N4/c1-17-3-2-4-21(13-17)27-16-26-22-10-9-20(14-23(22)27)19-7-5-18(6-8-19)15-25-12-11-24/h17-23,25-26H,2-16,24H2,1H3. The van der Waals surface area contributed by atoms with Crippen molar-refractivity contribution in [2.45, 2.75) is 95.7 Å². The summed E-state index contributed by atoms with van der Waals surface area (Å²) in [5.74, 6) is 3.83. The molecule has 3 aliphatic carbocycles. The summed E-state index contributed by atoms with van der Waals surface area (Å²) < 4.78 is 0. The van der Waals surface area contributed by atoms with E-state index in [1.54, 1.807) is 0 Å². The van der Waals surface area contributed by atoms with E-state index in [4.69, 9.17) is 5.73 Å². The number of hydrogen-bond donors (Lipinski definition) is 3. The zero-order valence-electron chi connectivity index (χ0n) is 17.7. The van der Waals surface area contributed by atoms with Crippen LogP contribution in [0.25, 0.3) is 0 Å². The molecule has 5 unspecified atom stereocenters. The first-order valence-electron chi connectivity index (χ1n) is 12.1. The average molecular weight is 377 g/mol. The van der Waals surface area contributed by atoms with Gasteiger partial charge in [0.1, 0.15) is 0 Å². The Labute approximate surface area is 167 Å². The number of nitrogens with zero attached hydrogens (tertiary/aromatic N) is 1. The minimum atomic E-state index is 0.768. The minimum absolute atomic E-state index is 0.768. The van der Waals surface area contributed by atoms with E-state index in [-0.39, 0.29) is 0 Å². The highest BCUT2D eigenvalue weighted by Crippen LogP contribution is 2.43. The summed E-state index contributed by atoms with van der Waals surface area (Å²) >= 11 is 0. The molecule has 5 atom stereocenters. The normalized spacial score (nSPS) is 43.6. The van der Waals surface area contributed by atoms with Crippen molar-refractivity contribution < 1.29 is 0 Å². The maximum Gasteiger partial charge on any atom is 0.0489 e. The van der Waals surface area contributed by atoms with Crippen LogP contribution < -0.4 is 16.4 Å². The molecule has 4 nitrogen and oxygen atoms in total. The van der Waals surface area contributed by atoms with Gasteiger partial charge in [-0.3, -0.25) is 10.2 Å². The maximum absolute atomic E-state index is 5.61. The molecule has 4 heteroatoms. The Morgan fingerprint density at radius 3 is 2.56 bits per heavy atom. The van der Waals surface area contributed by atoms with Gasteiger partial charge >= 0.3 is 0 Å². The fraction of sp³-hybridized carbons (Fsp3) is 1.00. The second kappa shape index (κ2) is 9.56. The predicted octanol–water partition coefficient (Wildman–Crippen LogP) is 3.32. The molecule has 27 heavy (non-hydrogen) atoms. The summed E-state index contributed by atoms with van der Waals surface area (Å²) in [7, 11) is 0. The maximum atomic E-state index is 5.61. The van der Waals surface area contributed by atoms with Crippen molar-refractivity contribution >= 4 is 0 Å². The van der Waals surface area contributed by atoms with Crippen molar-refractivity contribution in [3.05, 3.63) is 0 Å². The van der Waals surface area contributed by atoms with Gasteiger partial charge in [-0.2, -0.15) is 0 Å². The highest BCUT2D eigenvalue weighted by molar-refractivity contribution is 5.00. The van der Waals surface area contributed by atoms with Gasteiger partial charge in [0.05, 0.1) is 0 Å². The Kier molecular flexibility index (Phi) is 7.13. The van der Waals surface area contributed by atoms with Crippen LogP contribution in [-0.2, 0) is 0 Å². The van der Waals surface area contributed by atoms with E-state index in [9.17, 15) is 0 Å². The first-order valence-corrected chi connectivity index (χ1v) is 12.1. The summed E-state index contributed by atoms with van der Waals surface area (Å²) in [6.07, 6.45) is 16.0. The molecule has 4 aliphatic rings. The van der Waals surface area contributed by atoms with Crippen LogP contribution in [0.1, 0.15) is 77.6 Å². The summed E-state index contributed by atoms with van der Waals surface area (Å²) in [5, 5.41) is 7.42. The molecule has 1 aliphatic heterocycles. The lowest BCUT2D eigenvalue weighted by Crippen LogP contribution is -2.48. The molecule has 0 bridgehead atoms.